The first-order chi connectivity index (χ1) is 20.7. The number of fused-ring (bicyclic) bond motifs is 2. The summed E-state index contributed by atoms with van der Waals surface area (Å²) in [5.41, 5.74) is -0.644. The van der Waals surface area contributed by atoms with Gasteiger partial charge in [-0.05, 0) is 63.5 Å². The van der Waals surface area contributed by atoms with Gasteiger partial charge in [0, 0.05) is 19.7 Å². The normalized spacial score (nSPS) is 29.2. The minimum absolute atomic E-state index is 0.0242. The van der Waals surface area contributed by atoms with E-state index in [1.165, 1.54) is 0 Å². The van der Waals surface area contributed by atoms with E-state index in [4.69, 9.17) is 9.47 Å². The molecular weight excluding hydrogens is 550 g/mol. The Kier molecular flexibility index (Phi) is 9.03. The summed E-state index contributed by atoms with van der Waals surface area (Å²) >= 11 is 0. The summed E-state index contributed by atoms with van der Waals surface area (Å²) in [5, 5.41) is 18.0. The van der Waals surface area contributed by atoms with Crippen molar-refractivity contribution < 1.29 is 29.0 Å². The maximum absolute atomic E-state index is 14.6. The zero-order chi connectivity index (χ0) is 30.8. The van der Waals surface area contributed by atoms with Crippen LogP contribution in [0.15, 0.2) is 49.6 Å². The average molecular weight is 594 g/mol. The number of nitrogens with zero attached hydrogens (tertiary/aromatic N) is 5. The fourth-order valence-electron chi connectivity index (χ4n) is 7.39. The number of rotatable bonds is 15. The molecule has 5 rings (SSSR count). The molecule has 1 aromatic carbocycles. The summed E-state index contributed by atoms with van der Waals surface area (Å²) in [6.07, 6.45) is 7.31. The third-order valence-electron chi connectivity index (χ3n) is 9.54. The van der Waals surface area contributed by atoms with E-state index in [0.717, 1.165) is 18.4 Å². The van der Waals surface area contributed by atoms with Gasteiger partial charge in [0.2, 0.25) is 11.8 Å². The summed E-state index contributed by atoms with van der Waals surface area (Å²) in [6.45, 7) is 12.3. The Morgan fingerprint density at radius 2 is 2.00 bits per heavy atom. The molecule has 1 N–H and O–H groups in total. The fourth-order valence-corrected chi connectivity index (χ4v) is 7.39. The highest BCUT2D eigenvalue weighted by molar-refractivity contribution is 5.98. The summed E-state index contributed by atoms with van der Waals surface area (Å²) < 4.78 is 14.2. The summed E-state index contributed by atoms with van der Waals surface area (Å²) in [7, 11) is 0. The average Bonchev–Trinajstić information content (AvgIpc) is 3.66. The standard InChI is InChI=1S/C32H43N5O6/c1-5-7-8-13-19-42-30(41)26-25-28(39)36(17-11-12-18-38)27(32(25)20-22(3)31(26,4)43-32)29(40)35(16-6-2)21-37-24-15-10-9-14-23(24)33-34-37/h5-6,9-10,14-15,22,25-27,38H,1-2,7-8,11-13,16-21H2,3-4H3/t22?,25-,26-,27?,31+,32?/m0/s1. The van der Waals surface area contributed by atoms with E-state index in [1.807, 2.05) is 44.2 Å². The van der Waals surface area contributed by atoms with Crippen LogP contribution >= 0.6 is 0 Å². The highest BCUT2D eigenvalue weighted by Crippen LogP contribution is 2.65. The van der Waals surface area contributed by atoms with Crippen LogP contribution in [-0.4, -0.2) is 91.2 Å². The van der Waals surface area contributed by atoms with Gasteiger partial charge < -0.3 is 24.4 Å². The van der Waals surface area contributed by atoms with Crippen LogP contribution in [-0.2, 0) is 30.5 Å². The van der Waals surface area contributed by atoms with Crippen LogP contribution < -0.4 is 0 Å². The van der Waals surface area contributed by atoms with E-state index in [2.05, 4.69) is 23.5 Å². The Balaban J connectivity index is 1.48. The molecule has 3 fully saturated rings. The monoisotopic (exact) mass is 593 g/mol. The van der Waals surface area contributed by atoms with Crippen LogP contribution in [0.5, 0.6) is 0 Å². The van der Waals surface area contributed by atoms with Crippen LogP contribution in [0.1, 0.15) is 52.4 Å². The predicted octanol–water partition coefficient (Wildman–Crippen LogP) is 3.09. The SMILES string of the molecule is C=CCCCCOC(=O)[C@@H]1[C@H]2C(=O)N(CCCCO)C(C(=O)N(CC=C)Cn3nnc4ccccc43)C23CC(C)[C@@]1(C)O3. The minimum atomic E-state index is -1.18. The van der Waals surface area contributed by atoms with Crippen molar-refractivity contribution in [3.63, 3.8) is 0 Å². The Hall–Kier alpha value is -3.57. The van der Waals surface area contributed by atoms with Crippen molar-refractivity contribution in [3.05, 3.63) is 49.6 Å². The molecule has 0 aliphatic carbocycles. The Morgan fingerprint density at radius 3 is 2.74 bits per heavy atom. The third-order valence-corrected chi connectivity index (χ3v) is 9.54. The lowest BCUT2D eigenvalue weighted by Crippen LogP contribution is -2.56. The number of hydrogen-bond donors (Lipinski definition) is 1. The van der Waals surface area contributed by atoms with Gasteiger partial charge >= 0.3 is 5.97 Å². The molecule has 3 aliphatic heterocycles. The minimum Gasteiger partial charge on any atom is -0.465 e. The van der Waals surface area contributed by atoms with Gasteiger partial charge in [-0.15, -0.1) is 18.3 Å². The fraction of sp³-hybridized carbons (Fsp3) is 0.594. The van der Waals surface area contributed by atoms with Gasteiger partial charge in [-0.25, -0.2) is 4.68 Å². The summed E-state index contributed by atoms with van der Waals surface area (Å²) in [4.78, 5) is 45.8. The number of likely N-dealkylation sites (tertiary alicyclic amines) is 1. The van der Waals surface area contributed by atoms with Gasteiger partial charge in [0.25, 0.3) is 0 Å². The molecule has 4 heterocycles. The molecule has 1 aromatic heterocycles. The van der Waals surface area contributed by atoms with Crippen molar-refractivity contribution in [1.29, 1.82) is 0 Å². The van der Waals surface area contributed by atoms with E-state index in [1.54, 1.807) is 20.6 Å². The first-order valence-electron chi connectivity index (χ1n) is 15.3. The van der Waals surface area contributed by atoms with E-state index < -0.39 is 35.0 Å². The number of aliphatic hydroxyl groups is 1. The molecule has 0 radical (unpaired) electrons. The van der Waals surface area contributed by atoms with Crippen molar-refractivity contribution >= 4 is 28.8 Å². The quantitative estimate of drug-likeness (QED) is 0.190. The zero-order valence-corrected chi connectivity index (χ0v) is 25.2. The number of carbonyl (C=O) groups excluding carboxylic acids is 3. The smallest absolute Gasteiger partial charge is 0.312 e. The largest absolute Gasteiger partial charge is 0.465 e. The van der Waals surface area contributed by atoms with Gasteiger partial charge in [0.1, 0.15) is 29.7 Å². The molecule has 0 saturated carbocycles. The van der Waals surface area contributed by atoms with Gasteiger partial charge in [0.05, 0.1) is 23.6 Å². The number of hydrogen-bond acceptors (Lipinski definition) is 8. The van der Waals surface area contributed by atoms with Crippen LogP contribution in [0.3, 0.4) is 0 Å². The lowest BCUT2D eigenvalue weighted by Gasteiger charge is -2.37. The summed E-state index contributed by atoms with van der Waals surface area (Å²) in [5.74, 6) is -2.77. The molecule has 232 valence electrons. The Labute approximate surface area is 252 Å². The van der Waals surface area contributed by atoms with E-state index in [0.29, 0.717) is 31.2 Å². The number of esters is 1. The first-order valence-corrected chi connectivity index (χ1v) is 15.3. The molecule has 2 amide bonds. The second-order valence-electron chi connectivity index (χ2n) is 12.2. The molecule has 3 saturated heterocycles. The van der Waals surface area contributed by atoms with Gasteiger partial charge in [0.15, 0.2) is 0 Å². The molecule has 43 heavy (non-hydrogen) atoms. The molecule has 11 nitrogen and oxygen atoms in total. The Morgan fingerprint density at radius 1 is 1.21 bits per heavy atom. The van der Waals surface area contributed by atoms with Crippen molar-refractivity contribution in [2.45, 2.75) is 76.3 Å². The second kappa shape index (κ2) is 12.6. The maximum atomic E-state index is 14.6. The maximum Gasteiger partial charge on any atom is 0.312 e. The topological polar surface area (TPSA) is 127 Å². The second-order valence-corrected chi connectivity index (χ2v) is 12.2. The number of carbonyl (C=O) groups is 3. The van der Waals surface area contributed by atoms with Crippen molar-refractivity contribution in [1.82, 2.24) is 24.8 Å². The van der Waals surface area contributed by atoms with Crippen LogP contribution in [0.25, 0.3) is 11.0 Å². The lowest BCUT2D eigenvalue weighted by molar-refractivity contribution is -0.162. The number of aliphatic hydroxyl groups excluding tert-OH is 1. The highest BCUT2D eigenvalue weighted by Gasteiger charge is 2.80. The molecule has 1 spiro atoms. The van der Waals surface area contributed by atoms with Crippen molar-refractivity contribution in [2.24, 2.45) is 17.8 Å². The highest BCUT2D eigenvalue weighted by atomic mass is 16.6. The predicted molar refractivity (Wildman–Crippen MR) is 159 cm³/mol. The first kappa shape index (κ1) is 30.9. The van der Waals surface area contributed by atoms with E-state index in [-0.39, 0.29) is 50.7 Å². The van der Waals surface area contributed by atoms with E-state index >= 15 is 0 Å². The van der Waals surface area contributed by atoms with Crippen molar-refractivity contribution in [3.8, 4) is 0 Å². The number of unbranched alkanes of at least 4 members (excludes halogenated alkanes) is 3. The lowest BCUT2D eigenvalue weighted by atomic mass is 9.62. The molecule has 3 unspecified atom stereocenters. The molecule has 11 heteroatoms. The molecule has 6 atom stereocenters. The number of para-hydroxylation sites is 1. The van der Waals surface area contributed by atoms with Gasteiger partial charge in [-0.3, -0.25) is 14.4 Å². The molecular formula is C32H43N5O6. The van der Waals surface area contributed by atoms with Gasteiger partial charge in [-0.2, -0.15) is 0 Å². The van der Waals surface area contributed by atoms with Crippen LogP contribution in [0.2, 0.25) is 0 Å². The van der Waals surface area contributed by atoms with Crippen molar-refractivity contribution in [2.75, 3.05) is 26.3 Å². The van der Waals surface area contributed by atoms with Gasteiger partial charge in [-0.1, -0.05) is 36.4 Å². The number of amides is 2. The molecule has 2 bridgehead atoms. The number of allylic oxidation sites excluding steroid dienone is 1. The third kappa shape index (κ3) is 5.26. The zero-order valence-electron chi connectivity index (χ0n) is 25.2. The van der Waals surface area contributed by atoms with Crippen LogP contribution in [0, 0.1) is 17.8 Å². The molecule has 3 aliphatic rings. The number of benzene rings is 1. The Bertz CT molecular complexity index is 1380. The molecule has 2 aromatic rings. The number of aromatic nitrogens is 3. The number of ether oxygens (including phenoxy) is 2. The van der Waals surface area contributed by atoms with Crippen LogP contribution in [0.4, 0.5) is 0 Å². The van der Waals surface area contributed by atoms with E-state index in [9.17, 15) is 19.5 Å². The summed E-state index contributed by atoms with van der Waals surface area (Å²) in [6, 6.07) is 6.55.